The Morgan fingerprint density at radius 3 is 2.15 bits per heavy atom. The van der Waals surface area contributed by atoms with E-state index >= 15 is 0 Å². The second kappa shape index (κ2) is 6.79. The Labute approximate surface area is 154 Å². The van der Waals surface area contributed by atoms with E-state index in [1.54, 1.807) is 11.0 Å². The van der Waals surface area contributed by atoms with Crippen molar-refractivity contribution in [1.82, 2.24) is 30.0 Å². The highest BCUT2D eigenvalue weighted by atomic mass is 16.2. The van der Waals surface area contributed by atoms with Crippen molar-refractivity contribution in [2.24, 2.45) is 11.8 Å². The zero-order valence-electron chi connectivity index (χ0n) is 15.6. The summed E-state index contributed by atoms with van der Waals surface area (Å²) in [7, 11) is 6.31. The first-order chi connectivity index (χ1) is 12.5. The summed E-state index contributed by atoms with van der Waals surface area (Å²) < 4.78 is 1.58. The first kappa shape index (κ1) is 17.1. The van der Waals surface area contributed by atoms with Crippen LogP contribution in [0, 0.1) is 11.8 Å². The molecule has 2 aliphatic rings. The Morgan fingerprint density at radius 1 is 1.00 bits per heavy atom. The van der Waals surface area contributed by atoms with Crippen molar-refractivity contribution in [3.05, 3.63) is 36.2 Å². The standard InChI is InChI=1S/C19H26N6O/c1-23(2)17-8-14-10-18(11-15(14)9-17)24(3)19(26)13-4-6-16(7-5-13)25-12-20-21-22-25/h4-7,12,14-15,17-18H,8-11H2,1-3H3/t14-,15+,17?,18?. The third-order valence-corrected chi connectivity index (χ3v) is 6.29. The predicted octanol–water partition coefficient (Wildman–Crippen LogP) is 1.85. The van der Waals surface area contributed by atoms with Gasteiger partial charge in [0.2, 0.25) is 0 Å². The minimum Gasteiger partial charge on any atom is -0.339 e. The molecule has 0 spiro atoms. The SMILES string of the molecule is CN(C)C1C[C@@H]2CC(N(C)C(=O)c3ccc(-n4cnnn4)cc3)C[C@@H]2C1. The molecule has 138 valence electrons. The highest BCUT2D eigenvalue weighted by Crippen LogP contribution is 2.46. The number of hydrogen-bond acceptors (Lipinski definition) is 5. The molecule has 2 aliphatic carbocycles. The van der Waals surface area contributed by atoms with Crippen molar-refractivity contribution >= 4 is 5.91 Å². The molecule has 4 atom stereocenters. The molecule has 2 fully saturated rings. The molecule has 1 amide bonds. The molecule has 0 saturated heterocycles. The van der Waals surface area contributed by atoms with Gasteiger partial charge in [-0.1, -0.05) is 0 Å². The number of aromatic nitrogens is 4. The van der Waals surface area contributed by atoms with Gasteiger partial charge in [0, 0.05) is 24.7 Å². The monoisotopic (exact) mass is 354 g/mol. The number of nitrogens with zero attached hydrogens (tertiary/aromatic N) is 6. The number of carbonyl (C=O) groups excluding carboxylic acids is 1. The predicted molar refractivity (Wildman–Crippen MR) is 98.0 cm³/mol. The lowest BCUT2D eigenvalue weighted by Crippen LogP contribution is -2.36. The van der Waals surface area contributed by atoms with Crippen molar-refractivity contribution in [3.8, 4) is 5.69 Å². The van der Waals surface area contributed by atoms with Gasteiger partial charge in [-0.2, -0.15) is 0 Å². The number of fused-ring (bicyclic) bond motifs is 1. The maximum atomic E-state index is 12.9. The lowest BCUT2D eigenvalue weighted by Gasteiger charge is -2.27. The number of rotatable bonds is 4. The normalized spacial score (nSPS) is 27.7. The number of benzene rings is 1. The molecule has 1 heterocycles. The zero-order valence-corrected chi connectivity index (χ0v) is 15.6. The molecule has 2 aromatic rings. The van der Waals surface area contributed by atoms with Crippen LogP contribution in [-0.2, 0) is 0 Å². The molecule has 7 nitrogen and oxygen atoms in total. The molecule has 0 N–H and O–H groups in total. The van der Waals surface area contributed by atoms with E-state index in [0.717, 1.165) is 30.4 Å². The number of carbonyl (C=O) groups is 1. The average molecular weight is 354 g/mol. The number of amides is 1. The zero-order chi connectivity index (χ0) is 18.3. The fourth-order valence-electron chi connectivity index (χ4n) is 4.70. The van der Waals surface area contributed by atoms with E-state index in [1.807, 2.05) is 36.2 Å². The van der Waals surface area contributed by atoms with E-state index in [4.69, 9.17) is 0 Å². The first-order valence-electron chi connectivity index (χ1n) is 9.30. The fourth-order valence-corrected chi connectivity index (χ4v) is 4.70. The third kappa shape index (κ3) is 3.11. The van der Waals surface area contributed by atoms with E-state index < -0.39 is 0 Å². The Morgan fingerprint density at radius 2 is 1.62 bits per heavy atom. The highest BCUT2D eigenvalue weighted by molar-refractivity contribution is 5.94. The van der Waals surface area contributed by atoms with Crippen molar-refractivity contribution in [2.75, 3.05) is 21.1 Å². The van der Waals surface area contributed by atoms with Gasteiger partial charge < -0.3 is 9.80 Å². The van der Waals surface area contributed by atoms with Gasteiger partial charge in [-0.05, 0) is 86.3 Å². The lowest BCUT2D eigenvalue weighted by molar-refractivity contribution is 0.0726. The van der Waals surface area contributed by atoms with Crippen LogP contribution in [0.25, 0.3) is 5.69 Å². The molecule has 0 radical (unpaired) electrons. The summed E-state index contributed by atoms with van der Waals surface area (Å²) in [5, 5.41) is 11.1. The lowest BCUT2D eigenvalue weighted by atomic mass is 10.0. The Bertz CT molecular complexity index is 743. The van der Waals surface area contributed by atoms with Crippen LogP contribution < -0.4 is 0 Å². The molecule has 7 heteroatoms. The Balaban J connectivity index is 1.40. The van der Waals surface area contributed by atoms with Crippen LogP contribution in [0.5, 0.6) is 0 Å². The molecular formula is C19H26N6O. The molecule has 1 aromatic carbocycles. The third-order valence-electron chi connectivity index (χ3n) is 6.29. The maximum Gasteiger partial charge on any atom is 0.253 e. The summed E-state index contributed by atoms with van der Waals surface area (Å²) in [6.07, 6.45) is 6.37. The summed E-state index contributed by atoms with van der Waals surface area (Å²) in [4.78, 5) is 17.2. The van der Waals surface area contributed by atoms with Gasteiger partial charge in [0.15, 0.2) is 0 Å². The molecule has 0 bridgehead atoms. The second-order valence-electron chi connectivity index (χ2n) is 7.95. The van der Waals surface area contributed by atoms with Gasteiger partial charge in [-0.3, -0.25) is 4.79 Å². The molecule has 2 saturated carbocycles. The van der Waals surface area contributed by atoms with Gasteiger partial charge in [0.05, 0.1) is 5.69 Å². The summed E-state index contributed by atoms with van der Waals surface area (Å²) in [6.45, 7) is 0. The van der Waals surface area contributed by atoms with Crippen LogP contribution in [0.4, 0.5) is 0 Å². The van der Waals surface area contributed by atoms with Gasteiger partial charge in [-0.25, -0.2) is 4.68 Å². The highest BCUT2D eigenvalue weighted by Gasteiger charge is 2.44. The van der Waals surface area contributed by atoms with Crippen LogP contribution in [-0.4, -0.2) is 69.1 Å². The fraction of sp³-hybridized carbons (Fsp3) is 0.579. The van der Waals surface area contributed by atoms with Crippen LogP contribution in [0.15, 0.2) is 30.6 Å². The van der Waals surface area contributed by atoms with Gasteiger partial charge >= 0.3 is 0 Å². The van der Waals surface area contributed by atoms with E-state index in [0.29, 0.717) is 17.6 Å². The minimum atomic E-state index is 0.0994. The summed E-state index contributed by atoms with van der Waals surface area (Å²) in [5.41, 5.74) is 1.56. The Kier molecular flexibility index (Phi) is 4.48. The van der Waals surface area contributed by atoms with Crippen molar-refractivity contribution < 1.29 is 4.79 Å². The summed E-state index contributed by atoms with van der Waals surface area (Å²) in [6, 6.07) is 8.54. The molecule has 1 aromatic heterocycles. The van der Waals surface area contributed by atoms with Gasteiger partial charge in [0.1, 0.15) is 6.33 Å². The average Bonchev–Trinajstić information content (AvgIpc) is 3.36. The minimum absolute atomic E-state index is 0.0994. The maximum absolute atomic E-state index is 12.9. The van der Waals surface area contributed by atoms with Crippen molar-refractivity contribution in [2.45, 2.75) is 37.8 Å². The van der Waals surface area contributed by atoms with E-state index in [2.05, 4.69) is 34.5 Å². The van der Waals surface area contributed by atoms with Crippen LogP contribution >= 0.6 is 0 Å². The second-order valence-corrected chi connectivity index (χ2v) is 7.95. The number of hydrogen-bond donors (Lipinski definition) is 0. The molecular weight excluding hydrogens is 328 g/mol. The quantitative estimate of drug-likeness (QED) is 0.838. The van der Waals surface area contributed by atoms with Crippen LogP contribution in [0.3, 0.4) is 0 Å². The Hall–Kier alpha value is -2.28. The topological polar surface area (TPSA) is 67.2 Å². The van der Waals surface area contributed by atoms with Gasteiger partial charge in [-0.15, -0.1) is 5.10 Å². The molecule has 2 unspecified atom stereocenters. The summed E-state index contributed by atoms with van der Waals surface area (Å²) in [5.74, 6) is 1.64. The first-order valence-corrected chi connectivity index (χ1v) is 9.30. The summed E-state index contributed by atoms with van der Waals surface area (Å²) >= 11 is 0. The van der Waals surface area contributed by atoms with Crippen molar-refractivity contribution in [3.63, 3.8) is 0 Å². The molecule has 26 heavy (non-hydrogen) atoms. The van der Waals surface area contributed by atoms with E-state index in [1.165, 1.54) is 12.8 Å². The largest absolute Gasteiger partial charge is 0.339 e. The smallest absolute Gasteiger partial charge is 0.253 e. The van der Waals surface area contributed by atoms with Crippen LogP contribution in [0.1, 0.15) is 36.0 Å². The van der Waals surface area contributed by atoms with E-state index in [9.17, 15) is 4.79 Å². The van der Waals surface area contributed by atoms with Crippen LogP contribution in [0.2, 0.25) is 0 Å². The molecule has 4 rings (SSSR count). The van der Waals surface area contributed by atoms with Crippen molar-refractivity contribution in [1.29, 1.82) is 0 Å². The molecule has 0 aliphatic heterocycles. The number of tetrazole rings is 1. The van der Waals surface area contributed by atoms with E-state index in [-0.39, 0.29) is 5.91 Å². The van der Waals surface area contributed by atoms with Gasteiger partial charge in [0.25, 0.3) is 5.91 Å².